The van der Waals surface area contributed by atoms with Crippen molar-refractivity contribution in [2.45, 2.75) is 26.8 Å². The predicted molar refractivity (Wildman–Crippen MR) is 123 cm³/mol. The van der Waals surface area contributed by atoms with Crippen LogP contribution in [0.3, 0.4) is 0 Å². The van der Waals surface area contributed by atoms with Crippen molar-refractivity contribution in [2.75, 3.05) is 24.9 Å². The summed E-state index contributed by atoms with van der Waals surface area (Å²) < 4.78 is 11.6. The van der Waals surface area contributed by atoms with Gasteiger partial charge in [0, 0.05) is 11.4 Å². The second-order valence-corrected chi connectivity index (χ2v) is 7.81. The maximum atomic E-state index is 13.5. The molecule has 9 heteroatoms. The predicted octanol–water partition coefficient (Wildman–Crippen LogP) is 3.62. The van der Waals surface area contributed by atoms with E-state index in [0.717, 1.165) is 22.4 Å². The number of aryl methyl sites for hydroxylation is 2. The number of ether oxygens (including phenoxy) is 2. The van der Waals surface area contributed by atoms with Crippen LogP contribution in [-0.4, -0.2) is 40.9 Å². The third-order valence-corrected chi connectivity index (χ3v) is 5.53. The fraction of sp³-hybridized carbons (Fsp3) is 0.250. The second-order valence-electron chi connectivity index (χ2n) is 7.81. The molecule has 1 aliphatic rings. The van der Waals surface area contributed by atoms with E-state index in [1.807, 2.05) is 56.3 Å². The molecule has 2 heterocycles. The summed E-state index contributed by atoms with van der Waals surface area (Å²) in [4.78, 5) is 29.9. The first-order valence-corrected chi connectivity index (χ1v) is 10.4. The van der Waals surface area contributed by atoms with E-state index >= 15 is 0 Å². The van der Waals surface area contributed by atoms with Gasteiger partial charge in [0.25, 0.3) is 11.7 Å². The van der Waals surface area contributed by atoms with Gasteiger partial charge in [-0.1, -0.05) is 29.8 Å². The molecule has 1 aromatic heterocycles. The van der Waals surface area contributed by atoms with Gasteiger partial charge in [-0.05, 0) is 50.1 Å². The van der Waals surface area contributed by atoms with Crippen LogP contribution in [0.25, 0.3) is 0 Å². The minimum atomic E-state index is -0.661. The van der Waals surface area contributed by atoms with E-state index in [0.29, 0.717) is 23.0 Å². The zero-order chi connectivity index (χ0) is 23.7. The number of anilines is 2. The number of carbonyl (C=O) groups excluding carboxylic acids is 2. The highest BCUT2D eigenvalue weighted by molar-refractivity contribution is 6.06. The fourth-order valence-electron chi connectivity index (χ4n) is 3.86. The Balaban J connectivity index is 1.79. The molecule has 0 saturated heterocycles. The lowest BCUT2D eigenvalue weighted by Gasteiger charge is -2.29. The minimum Gasteiger partial charge on any atom is -0.497 e. The Hall–Kier alpha value is -4.14. The summed E-state index contributed by atoms with van der Waals surface area (Å²) in [5, 5.41) is 10.5. The molecule has 170 valence electrons. The summed E-state index contributed by atoms with van der Waals surface area (Å²) in [6.45, 7) is 5.74. The second kappa shape index (κ2) is 8.78. The number of aromatic nitrogens is 3. The van der Waals surface area contributed by atoms with Gasteiger partial charge in [-0.25, -0.2) is 9.48 Å². The van der Waals surface area contributed by atoms with Gasteiger partial charge in [0.05, 0.1) is 19.8 Å². The quantitative estimate of drug-likeness (QED) is 0.575. The van der Waals surface area contributed by atoms with E-state index in [4.69, 9.17) is 9.47 Å². The van der Waals surface area contributed by atoms with E-state index in [9.17, 15) is 9.59 Å². The van der Waals surface area contributed by atoms with Crippen LogP contribution < -0.4 is 15.4 Å². The highest BCUT2D eigenvalue weighted by atomic mass is 16.5. The van der Waals surface area contributed by atoms with E-state index in [1.165, 1.54) is 11.8 Å². The molecule has 0 aliphatic carbocycles. The number of benzene rings is 2. The van der Waals surface area contributed by atoms with Gasteiger partial charge in [-0.3, -0.25) is 4.79 Å². The zero-order valence-corrected chi connectivity index (χ0v) is 19.1. The van der Waals surface area contributed by atoms with Crippen molar-refractivity contribution in [1.82, 2.24) is 14.8 Å². The van der Waals surface area contributed by atoms with Gasteiger partial charge in [0.1, 0.15) is 11.8 Å². The van der Waals surface area contributed by atoms with Crippen LogP contribution in [0.1, 0.15) is 40.3 Å². The standard InChI is InChI=1S/C24H25N5O4/c1-13-6-11-18(14(2)12-13)26-22(30)19-15(3)25-24-27-21(23(31)33-5)28-29(24)20(19)16-7-9-17(32-4)10-8-16/h6-12,20H,1-5H3,(H,26,30)(H,25,27,28)/t20-/m1/s1. The van der Waals surface area contributed by atoms with Crippen molar-refractivity contribution in [3.8, 4) is 5.75 Å². The highest BCUT2D eigenvalue weighted by Gasteiger charge is 2.35. The lowest BCUT2D eigenvalue weighted by Crippen LogP contribution is -2.31. The van der Waals surface area contributed by atoms with Crippen molar-refractivity contribution in [1.29, 1.82) is 0 Å². The summed E-state index contributed by atoms with van der Waals surface area (Å²) in [6.07, 6.45) is 0. The molecule has 0 unspecified atom stereocenters. The van der Waals surface area contributed by atoms with Crippen molar-refractivity contribution in [3.05, 3.63) is 76.2 Å². The fourth-order valence-corrected chi connectivity index (χ4v) is 3.86. The number of methoxy groups -OCH3 is 2. The van der Waals surface area contributed by atoms with E-state index < -0.39 is 12.0 Å². The smallest absolute Gasteiger partial charge is 0.378 e. The zero-order valence-electron chi connectivity index (χ0n) is 19.1. The van der Waals surface area contributed by atoms with Crippen molar-refractivity contribution < 1.29 is 19.1 Å². The molecule has 0 bridgehead atoms. The van der Waals surface area contributed by atoms with Crippen LogP contribution >= 0.6 is 0 Å². The van der Waals surface area contributed by atoms with Crippen LogP contribution in [0.15, 0.2) is 53.7 Å². The molecule has 4 rings (SSSR count). The molecule has 0 saturated carbocycles. The molecule has 0 radical (unpaired) electrons. The third-order valence-electron chi connectivity index (χ3n) is 5.53. The summed E-state index contributed by atoms with van der Waals surface area (Å²) >= 11 is 0. The number of carbonyl (C=O) groups is 2. The summed E-state index contributed by atoms with van der Waals surface area (Å²) in [5.41, 5.74) is 4.63. The molecular formula is C24H25N5O4. The summed E-state index contributed by atoms with van der Waals surface area (Å²) in [5.74, 6) is -0.0116. The average molecular weight is 447 g/mol. The van der Waals surface area contributed by atoms with Crippen LogP contribution in [0.5, 0.6) is 5.75 Å². The van der Waals surface area contributed by atoms with Crippen LogP contribution in [0, 0.1) is 13.8 Å². The van der Waals surface area contributed by atoms with E-state index in [1.54, 1.807) is 14.0 Å². The van der Waals surface area contributed by atoms with Crippen LogP contribution in [0.4, 0.5) is 11.6 Å². The maximum absolute atomic E-state index is 13.5. The molecule has 0 fully saturated rings. The SMILES string of the molecule is COC(=O)c1nc2n(n1)[C@H](c1ccc(OC)cc1)C(C(=O)Nc1ccc(C)cc1C)=C(C)N2. The molecule has 2 N–H and O–H groups in total. The van der Waals surface area contributed by atoms with Crippen LogP contribution in [0.2, 0.25) is 0 Å². The molecule has 33 heavy (non-hydrogen) atoms. The van der Waals surface area contributed by atoms with Gasteiger partial charge in [-0.15, -0.1) is 5.10 Å². The average Bonchev–Trinajstić information content (AvgIpc) is 3.23. The number of amides is 1. The molecular weight excluding hydrogens is 422 g/mol. The lowest BCUT2D eigenvalue weighted by atomic mass is 9.94. The van der Waals surface area contributed by atoms with Gasteiger partial charge in [0.15, 0.2) is 0 Å². The van der Waals surface area contributed by atoms with Crippen molar-refractivity contribution in [3.63, 3.8) is 0 Å². The van der Waals surface area contributed by atoms with E-state index in [-0.39, 0.29) is 11.7 Å². The Morgan fingerprint density at radius 3 is 2.42 bits per heavy atom. The molecule has 1 atom stereocenters. The number of allylic oxidation sites excluding steroid dienone is 1. The Bertz CT molecular complexity index is 1260. The third kappa shape index (κ3) is 4.17. The monoisotopic (exact) mass is 447 g/mol. The van der Waals surface area contributed by atoms with Gasteiger partial charge in [0.2, 0.25) is 5.95 Å². The lowest BCUT2D eigenvalue weighted by molar-refractivity contribution is -0.113. The van der Waals surface area contributed by atoms with Gasteiger partial charge >= 0.3 is 5.97 Å². The van der Waals surface area contributed by atoms with Crippen molar-refractivity contribution in [2.24, 2.45) is 0 Å². The summed E-state index contributed by atoms with van der Waals surface area (Å²) in [6, 6.07) is 12.5. The molecule has 0 spiro atoms. The maximum Gasteiger partial charge on any atom is 0.378 e. The molecule has 3 aromatic rings. The Morgan fingerprint density at radius 1 is 1.06 bits per heavy atom. The number of rotatable bonds is 5. The van der Waals surface area contributed by atoms with E-state index in [2.05, 4.69) is 20.7 Å². The minimum absolute atomic E-state index is 0.0950. The molecule has 9 nitrogen and oxygen atoms in total. The summed E-state index contributed by atoms with van der Waals surface area (Å²) in [7, 11) is 2.85. The topological polar surface area (TPSA) is 107 Å². The molecule has 2 aromatic carbocycles. The first-order valence-electron chi connectivity index (χ1n) is 10.4. The normalized spacial score (nSPS) is 14.9. The van der Waals surface area contributed by atoms with Crippen LogP contribution in [-0.2, 0) is 9.53 Å². The van der Waals surface area contributed by atoms with Gasteiger partial charge < -0.3 is 20.1 Å². The largest absolute Gasteiger partial charge is 0.497 e. The van der Waals surface area contributed by atoms with Gasteiger partial charge in [-0.2, -0.15) is 4.98 Å². The Labute approximate surface area is 191 Å². The van der Waals surface area contributed by atoms with Crippen molar-refractivity contribution >= 4 is 23.5 Å². The number of nitrogens with zero attached hydrogens (tertiary/aromatic N) is 3. The highest BCUT2D eigenvalue weighted by Crippen LogP contribution is 2.36. The number of esters is 1. The first kappa shape index (κ1) is 22.1. The molecule has 1 amide bonds. The number of nitrogens with one attached hydrogen (secondary N) is 2. The number of fused-ring (bicyclic) bond motifs is 1. The molecule has 1 aliphatic heterocycles. The number of hydrogen-bond donors (Lipinski definition) is 2. The Kier molecular flexibility index (Phi) is 5.87. The Morgan fingerprint density at radius 2 is 1.79 bits per heavy atom. The first-order chi connectivity index (χ1) is 15.8. The number of hydrogen-bond acceptors (Lipinski definition) is 7.